The average Bonchev–Trinajstić information content (AvgIpc) is 2.63. The van der Waals surface area contributed by atoms with Crippen molar-refractivity contribution >= 4 is 23.7 Å². The Bertz CT molecular complexity index is 806. The zero-order valence-electron chi connectivity index (χ0n) is 15.4. The van der Waals surface area contributed by atoms with E-state index >= 15 is 0 Å². The maximum Gasteiger partial charge on any atom is 0.275 e. The highest BCUT2D eigenvalue weighted by atomic mass is 35.5. The van der Waals surface area contributed by atoms with Gasteiger partial charge in [0.1, 0.15) is 11.5 Å². The molecule has 0 aliphatic carbocycles. The van der Waals surface area contributed by atoms with E-state index in [1.807, 2.05) is 32.9 Å². The third-order valence-corrected chi connectivity index (χ3v) is 4.14. The van der Waals surface area contributed by atoms with Crippen molar-refractivity contribution in [2.45, 2.75) is 33.3 Å². The molecule has 0 saturated carbocycles. The van der Waals surface area contributed by atoms with E-state index in [0.717, 1.165) is 17.5 Å². The maximum atomic E-state index is 12.3. The lowest BCUT2D eigenvalue weighted by molar-refractivity contribution is 0.0952. The fourth-order valence-corrected chi connectivity index (χ4v) is 2.44. The van der Waals surface area contributed by atoms with Crippen molar-refractivity contribution in [3.63, 3.8) is 0 Å². The van der Waals surface area contributed by atoms with Crippen LogP contribution in [0.15, 0.2) is 41.5 Å². The zero-order valence-corrected chi connectivity index (χ0v) is 16.1. The fourth-order valence-electron chi connectivity index (χ4n) is 2.20. The lowest BCUT2D eigenvalue weighted by Crippen LogP contribution is -2.18. The number of benzene rings is 2. The van der Waals surface area contributed by atoms with Crippen molar-refractivity contribution in [2.24, 2.45) is 5.10 Å². The molecule has 2 aromatic rings. The minimum Gasteiger partial charge on any atom is -0.496 e. The van der Waals surface area contributed by atoms with Crippen LogP contribution >= 0.6 is 11.6 Å². The van der Waals surface area contributed by atoms with Gasteiger partial charge < -0.3 is 9.47 Å². The van der Waals surface area contributed by atoms with Gasteiger partial charge in [0.2, 0.25) is 0 Å². The van der Waals surface area contributed by atoms with Crippen LogP contribution in [0.2, 0.25) is 5.02 Å². The molecule has 0 aromatic heterocycles. The number of methoxy groups -OCH3 is 1. The van der Waals surface area contributed by atoms with E-state index in [1.54, 1.807) is 24.3 Å². The Kier molecular flexibility index (Phi) is 7.04. The maximum absolute atomic E-state index is 12.3. The van der Waals surface area contributed by atoms with Crippen LogP contribution in [0.1, 0.15) is 41.8 Å². The molecule has 2 aromatic carbocycles. The van der Waals surface area contributed by atoms with Crippen LogP contribution in [0.3, 0.4) is 0 Å². The largest absolute Gasteiger partial charge is 0.496 e. The lowest BCUT2D eigenvalue weighted by Gasteiger charge is -2.13. The van der Waals surface area contributed by atoms with Gasteiger partial charge in [-0.15, -0.1) is 0 Å². The molecular weight excluding hydrogens is 352 g/mol. The van der Waals surface area contributed by atoms with E-state index in [0.29, 0.717) is 22.1 Å². The van der Waals surface area contributed by atoms with Gasteiger partial charge in [0, 0.05) is 0 Å². The number of hydrogen-bond acceptors (Lipinski definition) is 4. The minimum atomic E-state index is -0.346. The number of aryl methyl sites for hydroxylation is 1. The number of carbonyl (C=O) groups is 1. The van der Waals surface area contributed by atoms with Crippen molar-refractivity contribution in [3.8, 4) is 11.5 Å². The van der Waals surface area contributed by atoms with Crippen LogP contribution in [-0.4, -0.2) is 25.3 Å². The number of rotatable bonds is 7. The summed E-state index contributed by atoms with van der Waals surface area (Å²) >= 11 is 6.23. The molecule has 2 rings (SSSR count). The predicted molar refractivity (Wildman–Crippen MR) is 105 cm³/mol. The van der Waals surface area contributed by atoms with Gasteiger partial charge in [-0.3, -0.25) is 4.79 Å². The van der Waals surface area contributed by atoms with Gasteiger partial charge in [-0.05, 0) is 61.7 Å². The van der Waals surface area contributed by atoms with Gasteiger partial charge in [0.15, 0.2) is 0 Å². The Hall–Kier alpha value is -2.53. The van der Waals surface area contributed by atoms with Gasteiger partial charge in [0.25, 0.3) is 5.91 Å². The van der Waals surface area contributed by atoms with Crippen molar-refractivity contribution in [1.82, 2.24) is 5.43 Å². The Morgan fingerprint density at radius 1 is 1.27 bits per heavy atom. The minimum absolute atomic E-state index is 0.0933. The monoisotopic (exact) mass is 374 g/mol. The molecule has 0 fully saturated rings. The highest BCUT2D eigenvalue weighted by Gasteiger charge is 2.11. The smallest absolute Gasteiger partial charge is 0.275 e. The molecule has 0 unspecified atom stereocenters. The number of halogens is 1. The first-order chi connectivity index (χ1) is 12.4. The van der Waals surface area contributed by atoms with E-state index in [2.05, 4.69) is 10.5 Å². The van der Waals surface area contributed by atoms with Gasteiger partial charge in [-0.1, -0.05) is 24.6 Å². The normalized spacial score (nSPS) is 12.0. The first-order valence-corrected chi connectivity index (χ1v) is 8.76. The second-order valence-corrected chi connectivity index (χ2v) is 6.34. The molecule has 0 saturated heterocycles. The van der Waals surface area contributed by atoms with E-state index < -0.39 is 0 Å². The van der Waals surface area contributed by atoms with Gasteiger partial charge >= 0.3 is 0 Å². The fraction of sp³-hybridized carbons (Fsp3) is 0.300. The standard InChI is InChI=1S/C20H23ClN2O3/c1-5-14(3)26-18-9-7-15(11-17(18)21)12-22-23-20(24)16-8-6-13(2)10-19(16)25-4/h6-12,14H,5H2,1-4H3,(H,23,24)/b22-12-/t14-/m1/s1. The lowest BCUT2D eigenvalue weighted by atomic mass is 10.1. The number of ether oxygens (including phenoxy) is 2. The Labute approximate surface area is 159 Å². The predicted octanol–water partition coefficient (Wildman–Crippen LogP) is 4.60. The molecule has 138 valence electrons. The summed E-state index contributed by atoms with van der Waals surface area (Å²) in [4.78, 5) is 12.3. The first-order valence-electron chi connectivity index (χ1n) is 8.38. The quantitative estimate of drug-likeness (QED) is 0.569. The summed E-state index contributed by atoms with van der Waals surface area (Å²) in [6, 6.07) is 10.7. The van der Waals surface area contributed by atoms with Crippen LogP contribution in [0, 0.1) is 6.92 Å². The average molecular weight is 375 g/mol. The molecule has 6 heteroatoms. The van der Waals surface area contributed by atoms with Crippen molar-refractivity contribution in [1.29, 1.82) is 0 Å². The third kappa shape index (κ3) is 5.23. The summed E-state index contributed by atoms with van der Waals surface area (Å²) < 4.78 is 11.0. The summed E-state index contributed by atoms with van der Waals surface area (Å²) in [6.45, 7) is 5.96. The van der Waals surface area contributed by atoms with Crippen LogP contribution in [0.25, 0.3) is 0 Å². The Morgan fingerprint density at radius 3 is 2.69 bits per heavy atom. The van der Waals surface area contributed by atoms with Crippen LogP contribution in [-0.2, 0) is 0 Å². The highest BCUT2D eigenvalue weighted by molar-refractivity contribution is 6.32. The number of hydrazone groups is 1. The zero-order chi connectivity index (χ0) is 19.1. The number of nitrogens with one attached hydrogen (secondary N) is 1. The first kappa shape index (κ1) is 19.8. The molecule has 1 amide bonds. The van der Waals surface area contributed by atoms with Crippen molar-refractivity contribution in [2.75, 3.05) is 7.11 Å². The van der Waals surface area contributed by atoms with Crippen molar-refractivity contribution < 1.29 is 14.3 Å². The molecule has 5 nitrogen and oxygen atoms in total. The van der Waals surface area contributed by atoms with Crippen molar-refractivity contribution in [3.05, 3.63) is 58.1 Å². The SMILES string of the molecule is CC[C@@H](C)Oc1ccc(/C=N\NC(=O)c2ccc(C)cc2OC)cc1Cl. The molecule has 1 atom stereocenters. The third-order valence-electron chi connectivity index (χ3n) is 3.84. The summed E-state index contributed by atoms with van der Waals surface area (Å²) in [7, 11) is 1.53. The summed E-state index contributed by atoms with van der Waals surface area (Å²) in [5.41, 5.74) is 4.68. The number of hydrogen-bond donors (Lipinski definition) is 1. The van der Waals surface area contributed by atoms with E-state index in [1.165, 1.54) is 13.3 Å². The van der Waals surface area contributed by atoms with E-state index in [4.69, 9.17) is 21.1 Å². The molecule has 26 heavy (non-hydrogen) atoms. The molecule has 0 bridgehead atoms. The van der Waals surface area contributed by atoms with Gasteiger partial charge in [-0.2, -0.15) is 5.10 Å². The van der Waals surface area contributed by atoms with E-state index in [-0.39, 0.29) is 12.0 Å². The molecule has 0 aliphatic rings. The summed E-state index contributed by atoms with van der Waals surface area (Å²) in [6.07, 6.45) is 2.52. The summed E-state index contributed by atoms with van der Waals surface area (Å²) in [5, 5.41) is 4.48. The van der Waals surface area contributed by atoms with Crippen LogP contribution in [0.5, 0.6) is 11.5 Å². The molecule has 0 aliphatic heterocycles. The van der Waals surface area contributed by atoms with E-state index in [9.17, 15) is 4.79 Å². The van der Waals surface area contributed by atoms with Gasteiger partial charge in [0.05, 0.1) is 30.0 Å². The van der Waals surface area contributed by atoms with Crippen LogP contribution < -0.4 is 14.9 Å². The molecule has 0 radical (unpaired) electrons. The highest BCUT2D eigenvalue weighted by Crippen LogP contribution is 2.26. The molecular formula is C20H23ClN2O3. The number of nitrogens with zero attached hydrogens (tertiary/aromatic N) is 1. The number of amides is 1. The Balaban J connectivity index is 2.04. The molecule has 1 N–H and O–H groups in total. The molecule has 0 heterocycles. The second-order valence-electron chi connectivity index (χ2n) is 5.93. The number of carbonyl (C=O) groups excluding carboxylic acids is 1. The van der Waals surface area contributed by atoms with Crippen LogP contribution in [0.4, 0.5) is 0 Å². The second kappa shape index (κ2) is 9.25. The summed E-state index contributed by atoms with van der Waals surface area (Å²) in [5.74, 6) is 0.791. The Morgan fingerprint density at radius 2 is 2.04 bits per heavy atom. The molecule has 0 spiro atoms. The van der Waals surface area contributed by atoms with Gasteiger partial charge in [-0.25, -0.2) is 5.43 Å². The topological polar surface area (TPSA) is 59.9 Å².